The van der Waals surface area contributed by atoms with Crippen molar-refractivity contribution in [2.24, 2.45) is 11.8 Å². The van der Waals surface area contributed by atoms with E-state index in [1.807, 2.05) is 0 Å². The van der Waals surface area contributed by atoms with Crippen molar-refractivity contribution in [3.63, 3.8) is 0 Å². The number of nitrogens with zero attached hydrogens (tertiary/aromatic N) is 3. The molecule has 2 fully saturated rings. The molecular weight excluding hydrogens is 524 g/mol. The van der Waals surface area contributed by atoms with Crippen molar-refractivity contribution in [3.05, 3.63) is 104 Å². The van der Waals surface area contributed by atoms with Gasteiger partial charge in [0.1, 0.15) is 11.3 Å². The molecule has 0 aliphatic carbocycles. The van der Waals surface area contributed by atoms with Crippen LogP contribution in [-0.2, 0) is 20.8 Å². The molecule has 0 saturated carbocycles. The van der Waals surface area contributed by atoms with E-state index in [1.54, 1.807) is 24.3 Å². The van der Waals surface area contributed by atoms with Gasteiger partial charge in [0.2, 0.25) is 11.8 Å². The summed E-state index contributed by atoms with van der Waals surface area (Å²) in [4.78, 5) is 63.0. The number of carboxylic acid groups (broad SMARTS) is 1. The molecule has 3 aromatic rings. The third kappa shape index (κ3) is 4.12. The first-order valence-electron chi connectivity index (χ1n) is 12.1. The molecule has 0 aromatic heterocycles. The number of carboxylic acids is 1. The van der Waals surface area contributed by atoms with Gasteiger partial charge in [-0.2, -0.15) is 0 Å². The molecule has 0 bridgehead atoms. The molecule has 204 valence electrons. The number of para-hydroxylation sites is 1. The van der Waals surface area contributed by atoms with Crippen LogP contribution in [0.15, 0.2) is 72.8 Å². The van der Waals surface area contributed by atoms with Gasteiger partial charge in [0, 0.05) is 42.3 Å². The summed E-state index contributed by atoms with van der Waals surface area (Å²) in [6.45, 7) is 0. The van der Waals surface area contributed by atoms with E-state index in [0.29, 0.717) is 16.9 Å². The number of nitro benzene ring substituents is 2. The topological polar surface area (TPSA) is 182 Å². The van der Waals surface area contributed by atoms with Crippen molar-refractivity contribution in [1.29, 1.82) is 0 Å². The number of hydrogen-bond donors (Lipinski definition) is 2. The zero-order chi connectivity index (χ0) is 28.8. The molecular formula is C27H22N4O9. The summed E-state index contributed by atoms with van der Waals surface area (Å²) < 4.78 is 5.47. The molecule has 5 rings (SSSR count). The number of imide groups is 1. The van der Waals surface area contributed by atoms with Crippen molar-refractivity contribution in [2.75, 3.05) is 12.0 Å². The quantitative estimate of drug-likeness (QED) is 0.242. The fraction of sp³-hybridized carbons (Fsp3) is 0.222. The highest BCUT2D eigenvalue weighted by Gasteiger charge is 2.69. The summed E-state index contributed by atoms with van der Waals surface area (Å²) in [6.07, 6.45) is -0.283. The van der Waals surface area contributed by atoms with Crippen molar-refractivity contribution in [1.82, 2.24) is 5.32 Å². The number of amides is 2. The predicted octanol–water partition coefficient (Wildman–Crippen LogP) is 3.03. The Hall–Kier alpha value is -5.17. The highest BCUT2D eigenvalue weighted by Crippen LogP contribution is 2.52. The van der Waals surface area contributed by atoms with Crippen LogP contribution in [0.25, 0.3) is 0 Å². The van der Waals surface area contributed by atoms with Gasteiger partial charge >= 0.3 is 5.97 Å². The number of ether oxygens (including phenoxy) is 1. The number of nitro groups is 2. The van der Waals surface area contributed by atoms with Crippen molar-refractivity contribution in [2.45, 2.75) is 18.0 Å². The molecule has 4 unspecified atom stereocenters. The Morgan fingerprint density at radius 3 is 2.27 bits per heavy atom. The maximum absolute atomic E-state index is 14.0. The number of benzene rings is 3. The van der Waals surface area contributed by atoms with Gasteiger partial charge in [-0.15, -0.1) is 0 Å². The second-order valence-corrected chi connectivity index (χ2v) is 9.53. The summed E-state index contributed by atoms with van der Waals surface area (Å²) in [5.74, 6) is -5.20. The molecule has 2 aliphatic rings. The van der Waals surface area contributed by atoms with E-state index in [0.717, 1.165) is 11.0 Å². The summed E-state index contributed by atoms with van der Waals surface area (Å²) >= 11 is 0. The first-order valence-corrected chi connectivity index (χ1v) is 12.1. The van der Waals surface area contributed by atoms with Crippen LogP contribution in [0.3, 0.4) is 0 Å². The number of carbonyl (C=O) groups excluding carboxylic acids is 2. The van der Waals surface area contributed by atoms with Crippen LogP contribution in [0.4, 0.5) is 17.1 Å². The lowest BCUT2D eigenvalue weighted by Crippen LogP contribution is -2.57. The average Bonchev–Trinajstić information content (AvgIpc) is 3.42. The maximum Gasteiger partial charge on any atom is 0.325 e. The average molecular weight is 546 g/mol. The standard InChI is InChI=1S/C27H22N4O9/c1-40-20-8-3-2-7-19(20)23-21-22(25(33)29(24(21)32)17-5-4-6-18(13-17)31(38)39)27(28-23,26(34)35)14-15-9-11-16(12-10-15)30(36)37/h2-13,21-23,28H,14H2,1H3,(H,34,35). The van der Waals surface area contributed by atoms with Gasteiger partial charge in [0.15, 0.2) is 0 Å². The number of fused-ring (bicyclic) bond motifs is 1. The summed E-state index contributed by atoms with van der Waals surface area (Å²) in [7, 11) is 1.42. The van der Waals surface area contributed by atoms with Crippen LogP contribution in [-0.4, -0.2) is 45.4 Å². The molecule has 2 saturated heterocycles. The molecule has 13 heteroatoms. The molecule has 2 N–H and O–H groups in total. The van der Waals surface area contributed by atoms with Gasteiger partial charge in [-0.1, -0.05) is 36.4 Å². The Kier molecular flexibility index (Phi) is 6.51. The SMILES string of the molecule is COc1ccccc1C1NC(Cc2ccc([N+](=O)[O-])cc2)(C(=O)O)C2C(=O)N(c3cccc([N+](=O)[O-])c3)C(=O)C12. The second-order valence-electron chi connectivity index (χ2n) is 9.53. The van der Waals surface area contributed by atoms with E-state index in [1.165, 1.54) is 49.6 Å². The van der Waals surface area contributed by atoms with Gasteiger partial charge < -0.3 is 9.84 Å². The van der Waals surface area contributed by atoms with Crippen LogP contribution < -0.4 is 15.0 Å². The third-order valence-electron chi connectivity index (χ3n) is 7.44. The molecule has 40 heavy (non-hydrogen) atoms. The first-order chi connectivity index (χ1) is 19.1. The van der Waals surface area contributed by atoms with Crippen LogP contribution in [0.5, 0.6) is 5.75 Å². The lowest BCUT2D eigenvalue weighted by Gasteiger charge is -2.31. The van der Waals surface area contributed by atoms with Gasteiger partial charge in [-0.3, -0.25) is 39.9 Å². The van der Waals surface area contributed by atoms with Crippen molar-refractivity contribution < 1.29 is 34.1 Å². The number of aliphatic carboxylic acids is 1. The zero-order valence-electron chi connectivity index (χ0n) is 20.9. The Balaban J connectivity index is 1.66. The zero-order valence-corrected chi connectivity index (χ0v) is 20.9. The van der Waals surface area contributed by atoms with Crippen molar-refractivity contribution in [3.8, 4) is 5.75 Å². The van der Waals surface area contributed by atoms with Gasteiger partial charge in [-0.25, -0.2) is 4.90 Å². The normalized spacial score (nSPS) is 23.6. The fourth-order valence-electron chi connectivity index (χ4n) is 5.69. The van der Waals surface area contributed by atoms with Crippen LogP contribution in [0.2, 0.25) is 0 Å². The largest absolute Gasteiger partial charge is 0.496 e. The lowest BCUT2D eigenvalue weighted by molar-refractivity contribution is -0.385. The number of nitrogens with one attached hydrogen (secondary N) is 1. The predicted molar refractivity (Wildman–Crippen MR) is 139 cm³/mol. The Morgan fingerprint density at radius 1 is 0.975 bits per heavy atom. The minimum Gasteiger partial charge on any atom is -0.496 e. The molecule has 0 spiro atoms. The molecule has 3 aromatic carbocycles. The van der Waals surface area contributed by atoms with E-state index >= 15 is 0 Å². The summed E-state index contributed by atoms with van der Waals surface area (Å²) in [6, 6.07) is 16.0. The summed E-state index contributed by atoms with van der Waals surface area (Å²) in [5, 5.41) is 36.1. The first kappa shape index (κ1) is 26.4. The number of rotatable bonds is 8. The van der Waals surface area contributed by atoms with E-state index in [2.05, 4.69) is 5.32 Å². The molecule has 2 amide bonds. The maximum atomic E-state index is 14.0. The number of methoxy groups -OCH3 is 1. The van der Waals surface area contributed by atoms with E-state index in [4.69, 9.17) is 4.74 Å². The van der Waals surface area contributed by atoms with E-state index in [-0.39, 0.29) is 23.5 Å². The molecule has 2 aliphatic heterocycles. The minimum atomic E-state index is -2.01. The van der Waals surface area contributed by atoms with Crippen molar-refractivity contribution >= 4 is 34.8 Å². The van der Waals surface area contributed by atoms with Gasteiger partial charge in [0.25, 0.3) is 11.4 Å². The molecule has 13 nitrogen and oxygen atoms in total. The van der Waals surface area contributed by atoms with Crippen LogP contribution in [0, 0.1) is 32.1 Å². The Morgan fingerprint density at radius 2 is 1.65 bits per heavy atom. The number of anilines is 1. The molecule has 4 atom stereocenters. The van der Waals surface area contributed by atoms with Gasteiger partial charge in [-0.05, 0) is 17.7 Å². The summed E-state index contributed by atoms with van der Waals surface area (Å²) in [5.41, 5.74) is -1.75. The fourth-order valence-corrected chi connectivity index (χ4v) is 5.69. The van der Waals surface area contributed by atoms with E-state index < -0.39 is 51.0 Å². The number of hydrogen-bond acceptors (Lipinski definition) is 9. The Labute approximate surface area is 226 Å². The Bertz CT molecular complexity index is 1560. The monoisotopic (exact) mass is 546 g/mol. The molecule has 2 heterocycles. The molecule has 0 radical (unpaired) electrons. The highest BCUT2D eigenvalue weighted by molar-refractivity contribution is 6.24. The minimum absolute atomic E-state index is 0.0491. The smallest absolute Gasteiger partial charge is 0.325 e. The highest BCUT2D eigenvalue weighted by atomic mass is 16.6. The van der Waals surface area contributed by atoms with Crippen LogP contribution >= 0.6 is 0 Å². The van der Waals surface area contributed by atoms with Gasteiger partial charge in [0.05, 0.1) is 34.5 Å². The number of carbonyl (C=O) groups is 3. The lowest BCUT2D eigenvalue weighted by atomic mass is 9.76. The second kappa shape index (κ2) is 9.85. The van der Waals surface area contributed by atoms with Crippen LogP contribution in [0.1, 0.15) is 17.2 Å². The third-order valence-corrected chi connectivity index (χ3v) is 7.44. The number of non-ortho nitro benzene ring substituents is 2. The van der Waals surface area contributed by atoms with E-state index in [9.17, 15) is 39.7 Å².